The molecule has 3 aromatic rings. The van der Waals surface area contributed by atoms with Gasteiger partial charge in [0.25, 0.3) is 5.91 Å². The number of aryl methyl sites for hydroxylation is 1. The van der Waals surface area contributed by atoms with E-state index in [9.17, 15) is 19.5 Å². The van der Waals surface area contributed by atoms with Gasteiger partial charge >= 0.3 is 12.1 Å². The molecule has 4 rings (SSSR count). The minimum atomic E-state index is -1.29. The largest absolute Gasteiger partial charge is 0.480 e. The van der Waals surface area contributed by atoms with Crippen LogP contribution in [-0.2, 0) is 16.6 Å². The lowest BCUT2D eigenvalue weighted by atomic mass is 9.98. The Morgan fingerprint density at radius 1 is 1.09 bits per heavy atom. The highest BCUT2D eigenvalue weighted by Gasteiger charge is 2.29. The van der Waals surface area contributed by atoms with Crippen LogP contribution in [0.15, 0.2) is 54.7 Å². The van der Waals surface area contributed by atoms with Crippen LogP contribution in [0.5, 0.6) is 0 Å². The van der Waals surface area contributed by atoms with Crippen LogP contribution in [0.4, 0.5) is 10.5 Å². The molecular formula is C24H24N4O6. The number of nitrogens with zero attached hydrogens (tertiary/aromatic N) is 2. The van der Waals surface area contributed by atoms with Crippen LogP contribution in [0.2, 0.25) is 0 Å². The number of fused-ring (bicyclic) bond motifs is 3. The predicted molar refractivity (Wildman–Crippen MR) is 122 cm³/mol. The fourth-order valence-corrected chi connectivity index (χ4v) is 4.11. The van der Waals surface area contributed by atoms with Crippen LogP contribution in [0.3, 0.4) is 0 Å². The molecule has 4 N–H and O–H groups in total. The molecule has 1 atom stereocenters. The van der Waals surface area contributed by atoms with Gasteiger partial charge in [-0.05, 0) is 22.3 Å². The lowest BCUT2D eigenvalue weighted by Gasteiger charge is -2.15. The summed E-state index contributed by atoms with van der Waals surface area (Å²) in [6.07, 6.45) is 0.482. The third-order valence-electron chi connectivity index (χ3n) is 5.65. The van der Waals surface area contributed by atoms with Crippen LogP contribution in [0.1, 0.15) is 34.0 Å². The SMILES string of the molecule is Cn1cc(NC(=O)OCC2c3ccccc3-c3ccccc32)c(C(=O)NC(CCO)C(=O)O)n1. The van der Waals surface area contributed by atoms with E-state index in [0.29, 0.717) is 0 Å². The second-order valence-electron chi connectivity index (χ2n) is 7.89. The zero-order valence-electron chi connectivity index (χ0n) is 18.4. The van der Waals surface area contributed by atoms with Crippen molar-refractivity contribution in [1.82, 2.24) is 15.1 Å². The van der Waals surface area contributed by atoms with Crippen LogP contribution in [0, 0.1) is 0 Å². The molecule has 1 heterocycles. The highest BCUT2D eigenvalue weighted by molar-refractivity contribution is 6.02. The molecular weight excluding hydrogens is 440 g/mol. The Bertz CT molecular complexity index is 1190. The lowest BCUT2D eigenvalue weighted by Crippen LogP contribution is -2.41. The van der Waals surface area contributed by atoms with Gasteiger partial charge in [-0.25, -0.2) is 9.59 Å². The number of amides is 2. The quantitative estimate of drug-likeness (QED) is 0.401. The van der Waals surface area contributed by atoms with Crippen molar-refractivity contribution in [3.63, 3.8) is 0 Å². The first-order valence-corrected chi connectivity index (χ1v) is 10.7. The molecule has 176 valence electrons. The molecule has 0 saturated carbocycles. The average Bonchev–Trinajstić information content (AvgIpc) is 3.34. The summed E-state index contributed by atoms with van der Waals surface area (Å²) in [5.74, 6) is -2.20. The van der Waals surface area contributed by atoms with Gasteiger partial charge in [-0.1, -0.05) is 48.5 Å². The highest BCUT2D eigenvalue weighted by atomic mass is 16.5. The van der Waals surface area contributed by atoms with Crippen LogP contribution in [0.25, 0.3) is 11.1 Å². The fraction of sp³-hybridized carbons (Fsp3) is 0.250. The van der Waals surface area contributed by atoms with Crippen molar-refractivity contribution >= 4 is 23.7 Å². The highest BCUT2D eigenvalue weighted by Crippen LogP contribution is 2.44. The Morgan fingerprint density at radius 3 is 2.29 bits per heavy atom. The summed E-state index contributed by atoms with van der Waals surface area (Å²) in [5, 5.41) is 27.0. The molecule has 1 aromatic heterocycles. The molecule has 2 aromatic carbocycles. The van der Waals surface area contributed by atoms with Gasteiger partial charge in [0.2, 0.25) is 0 Å². The van der Waals surface area contributed by atoms with E-state index in [1.165, 1.54) is 10.9 Å². The zero-order chi connectivity index (χ0) is 24.2. The number of nitrogens with one attached hydrogen (secondary N) is 2. The van der Waals surface area contributed by atoms with Gasteiger partial charge in [0.05, 0.1) is 5.69 Å². The van der Waals surface area contributed by atoms with Gasteiger partial charge < -0.3 is 20.3 Å². The van der Waals surface area contributed by atoms with E-state index in [0.717, 1.165) is 22.3 Å². The summed E-state index contributed by atoms with van der Waals surface area (Å²) in [4.78, 5) is 36.4. The average molecular weight is 464 g/mol. The number of hydrogen-bond donors (Lipinski definition) is 4. The Balaban J connectivity index is 1.45. The zero-order valence-corrected chi connectivity index (χ0v) is 18.4. The molecule has 1 aliphatic carbocycles. The summed E-state index contributed by atoms with van der Waals surface area (Å²) >= 11 is 0. The van der Waals surface area contributed by atoms with Crippen molar-refractivity contribution in [2.75, 3.05) is 18.5 Å². The molecule has 0 fully saturated rings. The molecule has 10 nitrogen and oxygen atoms in total. The Hall–Kier alpha value is -4.18. The van der Waals surface area contributed by atoms with E-state index in [-0.39, 0.29) is 30.3 Å². The number of carbonyl (C=O) groups excluding carboxylic acids is 2. The summed E-state index contributed by atoms with van der Waals surface area (Å²) in [5.41, 5.74) is 4.26. The molecule has 0 bridgehead atoms. The van der Waals surface area contributed by atoms with Crippen molar-refractivity contribution in [2.24, 2.45) is 7.05 Å². The Kier molecular flexibility index (Phi) is 6.60. The second kappa shape index (κ2) is 9.75. The minimum Gasteiger partial charge on any atom is -0.480 e. The summed E-state index contributed by atoms with van der Waals surface area (Å²) in [6.45, 7) is -0.316. The summed E-state index contributed by atoms with van der Waals surface area (Å²) in [7, 11) is 1.56. The van der Waals surface area contributed by atoms with Gasteiger partial charge in [0.15, 0.2) is 5.69 Å². The number of hydrogen-bond acceptors (Lipinski definition) is 6. The van der Waals surface area contributed by atoms with Crippen molar-refractivity contribution in [2.45, 2.75) is 18.4 Å². The van der Waals surface area contributed by atoms with Crippen molar-refractivity contribution in [1.29, 1.82) is 0 Å². The molecule has 0 aliphatic heterocycles. The smallest absolute Gasteiger partial charge is 0.411 e. The van der Waals surface area contributed by atoms with E-state index in [1.54, 1.807) is 7.05 Å². The molecule has 34 heavy (non-hydrogen) atoms. The minimum absolute atomic E-state index is 0.0744. The third-order valence-corrected chi connectivity index (χ3v) is 5.65. The molecule has 1 unspecified atom stereocenters. The van der Waals surface area contributed by atoms with Crippen molar-refractivity contribution in [3.05, 3.63) is 71.5 Å². The maximum absolute atomic E-state index is 12.6. The number of carboxylic acid groups (broad SMARTS) is 1. The maximum atomic E-state index is 12.6. The molecule has 2 amide bonds. The van der Waals surface area contributed by atoms with Gasteiger partial charge in [-0.2, -0.15) is 5.10 Å². The van der Waals surface area contributed by atoms with Crippen LogP contribution < -0.4 is 10.6 Å². The summed E-state index contributed by atoms with van der Waals surface area (Å²) < 4.78 is 6.81. The standard InChI is InChI=1S/C24H24N4O6/c1-28-12-20(21(27-28)22(30)25-19(10-11-29)23(31)32)26-24(33)34-13-18-16-8-4-2-6-14(16)15-7-3-5-9-17(15)18/h2-9,12,18-19,29H,10-11,13H2,1H3,(H,25,30)(H,26,33)(H,31,32). The number of anilines is 1. The number of benzene rings is 2. The number of rotatable bonds is 8. The van der Waals surface area contributed by atoms with E-state index in [4.69, 9.17) is 9.84 Å². The number of aliphatic hydroxyl groups is 1. The van der Waals surface area contributed by atoms with Gasteiger partial charge in [-0.15, -0.1) is 0 Å². The van der Waals surface area contributed by atoms with E-state index in [2.05, 4.69) is 15.7 Å². The second-order valence-corrected chi connectivity index (χ2v) is 7.89. The fourth-order valence-electron chi connectivity index (χ4n) is 4.11. The summed E-state index contributed by atoms with van der Waals surface area (Å²) in [6, 6.07) is 14.6. The van der Waals surface area contributed by atoms with Gasteiger partial charge in [0.1, 0.15) is 12.6 Å². The first kappa shape index (κ1) is 23.0. The Labute approximate surface area is 195 Å². The van der Waals surface area contributed by atoms with Gasteiger partial charge in [0, 0.05) is 32.2 Å². The normalized spacial score (nSPS) is 13.0. The number of carbonyl (C=O) groups is 3. The van der Waals surface area contributed by atoms with E-state index >= 15 is 0 Å². The third kappa shape index (κ3) is 4.62. The Morgan fingerprint density at radius 2 is 1.71 bits per heavy atom. The number of ether oxygens (including phenoxy) is 1. The van der Waals surface area contributed by atoms with E-state index in [1.807, 2.05) is 48.5 Å². The molecule has 0 radical (unpaired) electrons. The van der Waals surface area contributed by atoms with Crippen LogP contribution >= 0.6 is 0 Å². The number of aliphatic carboxylic acids is 1. The van der Waals surface area contributed by atoms with Crippen molar-refractivity contribution < 1.29 is 29.3 Å². The lowest BCUT2D eigenvalue weighted by molar-refractivity contribution is -0.139. The molecule has 10 heteroatoms. The maximum Gasteiger partial charge on any atom is 0.411 e. The number of aliphatic hydroxyl groups excluding tert-OH is 1. The van der Waals surface area contributed by atoms with Crippen molar-refractivity contribution in [3.8, 4) is 11.1 Å². The molecule has 0 saturated heterocycles. The molecule has 1 aliphatic rings. The number of aromatic nitrogens is 2. The first-order chi connectivity index (χ1) is 16.4. The topological polar surface area (TPSA) is 143 Å². The van der Waals surface area contributed by atoms with Crippen LogP contribution in [-0.4, -0.2) is 57.2 Å². The predicted octanol–water partition coefficient (Wildman–Crippen LogP) is 2.35. The first-order valence-electron chi connectivity index (χ1n) is 10.7. The molecule has 0 spiro atoms. The van der Waals surface area contributed by atoms with Gasteiger partial charge in [-0.3, -0.25) is 14.8 Å². The number of carboxylic acids is 1. The monoisotopic (exact) mass is 464 g/mol. The van der Waals surface area contributed by atoms with E-state index < -0.39 is 30.6 Å².